The van der Waals surface area contributed by atoms with Gasteiger partial charge in [-0.2, -0.15) is 4.31 Å². The number of rotatable bonds is 8. The molecule has 5 nitrogen and oxygen atoms in total. The summed E-state index contributed by atoms with van der Waals surface area (Å²) >= 11 is 0. The van der Waals surface area contributed by atoms with Gasteiger partial charge in [-0.25, -0.2) is 12.8 Å². The first-order valence-electron chi connectivity index (χ1n) is 6.78. The number of nitrogens with one attached hydrogen (secondary N) is 1. The largest absolute Gasteiger partial charge is 0.383 e. The van der Waals surface area contributed by atoms with Gasteiger partial charge in [0.25, 0.3) is 0 Å². The molecule has 7 heteroatoms. The Bertz CT molecular complexity index is 561. The zero-order chi connectivity index (χ0) is 16.0. The Morgan fingerprint density at radius 1 is 1.38 bits per heavy atom. The standard InChI is InChI=1S/C14H23FN2O3S/c1-11(2)17(7-8-20-4)21(18,19)14-6-5-12(10-16-3)9-13(14)15/h5-6,9,11,16H,7-8,10H2,1-4H3. The monoisotopic (exact) mass is 318 g/mol. The van der Waals surface area contributed by atoms with E-state index in [0.717, 1.165) is 0 Å². The molecule has 0 spiro atoms. The first kappa shape index (κ1) is 18.0. The summed E-state index contributed by atoms with van der Waals surface area (Å²) in [5, 5.41) is 2.90. The predicted molar refractivity (Wildman–Crippen MR) is 80.1 cm³/mol. The topological polar surface area (TPSA) is 58.6 Å². The van der Waals surface area contributed by atoms with Crippen molar-refractivity contribution < 1.29 is 17.5 Å². The highest BCUT2D eigenvalue weighted by Crippen LogP contribution is 2.22. The second kappa shape index (κ2) is 7.84. The summed E-state index contributed by atoms with van der Waals surface area (Å²) < 4.78 is 45.5. The fraction of sp³-hybridized carbons (Fsp3) is 0.571. The summed E-state index contributed by atoms with van der Waals surface area (Å²) in [4.78, 5) is -0.299. The van der Waals surface area contributed by atoms with Crippen LogP contribution in [0.3, 0.4) is 0 Å². The summed E-state index contributed by atoms with van der Waals surface area (Å²) in [5.74, 6) is -0.731. The van der Waals surface area contributed by atoms with E-state index in [0.29, 0.717) is 12.1 Å². The van der Waals surface area contributed by atoms with Gasteiger partial charge in [-0.15, -0.1) is 0 Å². The van der Waals surface area contributed by atoms with E-state index in [1.165, 1.54) is 23.5 Å². The maximum atomic E-state index is 14.2. The average Bonchev–Trinajstić information content (AvgIpc) is 2.38. The normalized spacial score (nSPS) is 12.3. The summed E-state index contributed by atoms with van der Waals surface area (Å²) in [6.45, 7) is 4.43. The molecular weight excluding hydrogens is 295 g/mol. The van der Waals surface area contributed by atoms with Crippen LogP contribution in [-0.4, -0.2) is 46.1 Å². The van der Waals surface area contributed by atoms with Crippen molar-refractivity contribution in [1.29, 1.82) is 0 Å². The van der Waals surface area contributed by atoms with Crippen molar-refractivity contribution in [3.05, 3.63) is 29.6 Å². The minimum Gasteiger partial charge on any atom is -0.383 e. The molecule has 0 atom stereocenters. The van der Waals surface area contributed by atoms with Crippen LogP contribution >= 0.6 is 0 Å². The predicted octanol–water partition coefficient (Wildman–Crippen LogP) is 1.59. The quantitative estimate of drug-likeness (QED) is 0.791. The van der Waals surface area contributed by atoms with Gasteiger partial charge < -0.3 is 10.1 Å². The lowest BCUT2D eigenvalue weighted by molar-refractivity contribution is 0.170. The molecule has 120 valence electrons. The van der Waals surface area contributed by atoms with Gasteiger partial charge in [-0.05, 0) is 38.6 Å². The van der Waals surface area contributed by atoms with Crippen molar-refractivity contribution in [3.63, 3.8) is 0 Å². The van der Waals surface area contributed by atoms with E-state index < -0.39 is 15.8 Å². The molecule has 0 fully saturated rings. The van der Waals surface area contributed by atoms with Crippen molar-refractivity contribution >= 4 is 10.0 Å². The molecule has 1 N–H and O–H groups in total. The number of sulfonamides is 1. The number of hydrogen-bond acceptors (Lipinski definition) is 4. The summed E-state index contributed by atoms with van der Waals surface area (Å²) in [6, 6.07) is 3.90. The summed E-state index contributed by atoms with van der Waals surface area (Å²) in [5.41, 5.74) is 0.696. The van der Waals surface area contributed by atoms with Crippen LogP contribution in [0.15, 0.2) is 23.1 Å². The number of hydrogen-bond donors (Lipinski definition) is 1. The lowest BCUT2D eigenvalue weighted by Gasteiger charge is -2.25. The van der Waals surface area contributed by atoms with E-state index in [9.17, 15) is 12.8 Å². The summed E-state index contributed by atoms with van der Waals surface area (Å²) in [6.07, 6.45) is 0. The minimum absolute atomic E-state index is 0.189. The van der Waals surface area contributed by atoms with Gasteiger partial charge >= 0.3 is 0 Å². The Labute approximate surface area is 126 Å². The van der Waals surface area contributed by atoms with Crippen molar-refractivity contribution in [1.82, 2.24) is 9.62 Å². The minimum atomic E-state index is -3.88. The van der Waals surface area contributed by atoms with Crippen molar-refractivity contribution in [3.8, 4) is 0 Å². The third-order valence-corrected chi connectivity index (χ3v) is 5.16. The molecule has 0 saturated carbocycles. The van der Waals surface area contributed by atoms with E-state index in [4.69, 9.17) is 4.74 Å². The highest BCUT2D eigenvalue weighted by Gasteiger charge is 2.29. The van der Waals surface area contributed by atoms with Gasteiger partial charge in [0.05, 0.1) is 6.61 Å². The lowest BCUT2D eigenvalue weighted by atomic mass is 10.2. The zero-order valence-electron chi connectivity index (χ0n) is 12.9. The van der Waals surface area contributed by atoms with Crippen LogP contribution < -0.4 is 5.32 Å². The number of methoxy groups -OCH3 is 1. The molecule has 0 saturated heterocycles. The van der Waals surface area contributed by atoms with Crippen LogP contribution in [0.25, 0.3) is 0 Å². The van der Waals surface area contributed by atoms with Crippen LogP contribution in [0.1, 0.15) is 19.4 Å². The van der Waals surface area contributed by atoms with Gasteiger partial charge in [-0.1, -0.05) is 6.07 Å². The molecular formula is C14H23FN2O3S. The second-order valence-corrected chi connectivity index (χ2v) is 6.86. The van der Waals surface area contributed by atoms with Crippen LogP contribution in [0.2, 0.25) is 0 Å². The van der Waals surface area contributed by atoms with E-state index >= 15 is 0 Å². The Hall–Kier alpha value is -1.02. The number of nitrogens with zero attached hydrogens (tertiary/aromatic N) is 1. The van der Waals surface area contributed by atoms with Crippen LogP contribution in [0.4, 0.5) is 4.39 Å². The van der Waals surface area contributed by atoms with E-state index in [1.807, 2.05) is 0 Å². The van der Waals surface area contributed by atoms with Crippen molar-refractivity contribution in [2.75, 3.05) is 27.3 Å². The molecule has 0 aliphatic rings. The van der Waals surface area contributed by atoms with Gasteiger partial charge in [0.15, 0.2) is 0 Å². The molecule has 21 heavy (non-hydrogen) atoms. The molecule has 0 bridgehead atoms. The molecule has 0 radical (unpaired) electrons. The third-order valence-electron chi connectivity index (χ3n) is 3.06. The molecule has 1 aromatic rings. The first-order valence-corrected chi connectivity index (χ1v) is 8.22. The first-order chi connectivity index (χ1) is 9.84. The lowest BCUT2D eigenvalue weighted by Crippen LogP contribution is -2.39. The Balaban J connectivity index is 3.15. The van der Waals surface area contributed by atoms with Crippen molar-refractivity contribution in [2.45, 2.75) is 31.3 Å². The third kappa shape index (κ3) is 4.47. The van der Waals surface area contributed by atoms with Crippen LogP contribution in [0, 0.1) is 5.82 Å². The molecule has 0 aliphatic carbocycles. The number of halogens is 1. The van der Waals surface area contributed by atoms with Crippen LogP contribution in [0.5, 0.6) is 0 Å². The van der Waals surface area contributed by atoms with Crippen molar-refractivity contribution in [2.24, 2.45) is 0 Å². The maximum absolute atomic E-state index is 14.2. The number of ether oxygens (including phenoxy) is 1. The average molecular weight is 318 g/mol. The van der Waals surface area contributed by atoms with Gasteiger partial charge in [0.1, 0.15) is 10.7 Å². The van der Waals surface area contributed by atoms with E-state index in [2.05, 4.69) is 5.32 Å². The Morgan fingerprint density at radius 2 is 2.05 bits per heavy atom. The van der Waals surface area contributed by atoms with Gasteiger partial charge in [-0.3, -0.25) is 0 Å². The number of benzene rings is 1. The Morgan fingerprint density at radius 3 is 2.52 bits per heavy atom. The molecule has 0 aromatic heterocycles. The zero-order valence-corrected chi connectivity index (χ0v) is 13.7. The van der Waals surface area contributed by atoms with E-state index in [1.54, 1.807) is 27.0 Å². The molecule has 1 rings (SSSR count). The molecule has 0 heterocycles. The second-order valence-electron chi connectivity index (χ2n) is 5.00. The highest BCUT2D eigenvalue weighted by atomic mass is 32.2. The summed E-state index contributed by atoms with van der Waals surface area (Å²) in [7, 11) is -0.635. The van der Waals surface area contributed by atoms with E-state index in [-0.39, 0.29) is 24.1 Å². The highest BCUT2D eigenvalue weighted by molar-refractivity contribution is 7.89. The van der Waals surface area contributed by atoms with Crippen LogP contribution in [-0.2, 0) is 21.3 Å². The smallest absolute Gasteiger partial charge is 0.246 e. The molecule has 0 aliphatic heterocycles. The molecule has 0 amide bonds. The molecule has 0 unspecified atom stereocenters. The molecule has 1 aromatic carbocycles. The fourth-order valence-electron chi connectivity index (χ4n) is 2.03. The Kier molecular flexibility index (Phi) is 6.73. The SMILES string of the molecule is CNCc1ccc(S(=O)(=O)N(CCOC)C(C)C)c(F)c1. The fourth-order valence-corrected chi connectivity index (χ4v) is 3.70. The maximum Gasteiger partial charge on any atom is 0.246 e. The van der Waals surface area contributed by atoms with Gasteiger partial charge in [0, 0.05) is 26.2 Å². The van der Waals surface area contributed by atoms with Gasteiger partial charge in [0.2, 0.25) is 10.0 Å².